The van der Waals surface area contributed by atoms with Gasteiger partial charge in [-0.1, -0.05) is 41.5 Å². The number of hydrogen-bond acceptors (Lipinski definition) is 5. The molecule has 1 amide bonds. The van der Waals surface area contributed by atoms with Crippen LogP contribution in [-0.4, -0.2) is 42.4 Å². The van der Waals surface area contributed by atoms with Crippen molar-refractivity contribution < 1.29 is 19.0 Å². The number of aryl methyl sites for hydroxylation is 3. The Morgan fingerprint density at radius 2 is 1.74 bits per heavy atom. The third kappa shape index (κ3) is 4.89. The SMILES string of the molecule is COc1ccc(CCN2C(=S)N[C@H]3c4cc(C)ccc4O[C@]2(C)[C@@H]3C(=O)Nc2ccc(C)cc2C)cc1OC. The molecular weight excluding hydrogens is 510 g/mol. The van der Waals surface area contributed by atoms with E-state index in [1.807, 2.05) is 75.1 Å². The topological polar surface area (TPSA) is 72.1 Å². The normalized spacial score (nSPS) is 21.4. The molecule has 2 aliphatic rings. The molecule has 8 heteroatoms. The van der Waals surface area contributed by atoms with Crippen molar-refractivity contribution in [3.63, 3.8) is 0 Å². The van der Waals surface area contributed by atoms with Crippen LogP contribution in [0.1, 0.15) is 40.8 Å². The zero-order valence-corrected chi connectivity index (χ0v) is 24.1. The molecule has 7 nitrogen and oxygen atoms in total. The highest BCUT2D eigenvalue weighted by molar-refractivity contribution is 7.80. The second-order valence-electron chi connectivity index (χ2n) is 10.5. The van der Waals surface area contributed by atoms with E-state index in [0.29, 0.717) is 29.6 Å². The molecule has 204 valence electrons. The number of amides is 1. The number of rotatable bonds is 7. The van der Waals surface area contributed by atoms with E-state index in [2.05, 4.69) is 22.8 Å². The molecule has 0 aromatic heterocycles. The van der Waals surface area contributed by atoms with Crippen molar-refractivity contribution in [1.82, 2.24) is 10.2 Å². The van der Waals surface area contributed by atoms with E-state index < -0.39 is 11.6 Å². The number of benzene rings is 3. The second-order valence-corrected chi connectivity index (χ2v) is 10.9. The first-order valence-electron chi connectivity index (χ1n) is 13.1. The lowest BCUT2D eigenvalue weighted by molar-refractivity contribution is -0.149. The van der Waals surface area contributed by atoms with Crippen LogP contribution in [0, 0.1) is 26.7 Å². The summed E-state index contributed by atoms with van der Waals surface area (Å²) < 4.78 is 17.6. The third-order valence-electron chi connectivity index (χ3n) is 7.78. The molecule has 2 bridgehead atoms. The minimum Gasteiger partial charge on any atom is -0.493 e. The molecule has 5 rings (SSSR count). The first-order valence-corrected chi connectivity index (χ1v) is 13.5. The Morgan fingerprint density at radius 1 is 1.03 bits per heavy atom. The van der Waals surface area contributed by atoms with E-state index in [4.69, 9.17) is 26.4 Å². The summed E-state index contributed by atoms with van der Waals surface area (Å²) in [5.74, 6) is 1.42. The van der Waals surface area contributed by atoms with Gasteiger partial charge in [-0.15, -0.1) is 0 Å². The number of thiocarbonyl (C=S) groups is 1. The van der Waals surface area contributed by atoms with E-state index in [1.165, 1.54) is 0 Å². The van der Waals surface area contributed by atoms with Crippen LogP contribution < -0.4 is 24.8 Å². The molecule has 2 aliphatic heterocycles. The number of ether oxygens (including phenoxy) is 3. The molecule has 39 heavy (non-hydrogen) atoms. The Hall–Kier alpha value is -3.78. The lowest BCUT2D eigenvalue weighted by Gasteiger charge is -2.56. The Bertz CT molecular complexity index is 1440. The van der Waals surface area contributed by atoms with E-state index in [-0.39, 0.29) is 11.9 Å². The summed E-state index contributed by atoms with van der Waals surface area (Å²) in [5.41, 5.74) is 5.04. The van der Waals surface area contributed by atoms with Crippen molar-refractivity contribution in [2.45, 2.75) is 45.9 Å². The van der Waals surface area contributed by atoms with Crippen LogP contribution in [-0.2, 0) is 11.2 Å². The monoisotopic (exact) mass is 545 g/mol. The maximum absolute atomic E-state index is 14.1. The highest BCUT2D eigenvalue weighted by Crippen LogP contribution is 2.49. The van der Waals surface area contributed by atoms with Gasteiger partial charge < -0.3 is 29.7 Å². The highest BCUT2D eigenvalue weighted by atomic mass is 32.1. The molecule has 3 atom stereocenters. The predicted octanol–water partition coefficient (Wildman–Crippen LogP) is 5.47. The van der Waals surface area contributed by atoms with Gasteiger partial charge in [0.2, 0.25) is 5.91 Å². The largest absolute Gasteiger partial charge is 0.493 e. The minimum atomic E-state index is -1.01. The Kier molecular flexibility index (Phi) is 7.16. The molecule has 1 saturated heterocycles. The van der Waals surface area contributed by atoms with Crippen LogP contribution in [0.25, 0.3) is 0 Å². The van der Waals surface area contributed by atoms with Gasteiger partial charge >= 0.3 is 0 Å². The molecule has 0 spiro atoms. The van der Waals surface area contributed by atoms with Gasteiger partial charge in [0.1, 0.15) is 11.7 Å². The summed E-state index contributed by atoms with van der Waals surface area (Å²) in [7, 11) is 3.25. The van der Waals surface area contributed by atoms with Gasteiger partial charge in [0, 0.05) is 17.8 Å². The molecule has 0 saturated carbocycles. The Morgan fingerprint density at radius 3 is 2.46 bits per heavy atom. The zero-order chi connectivity index (χ0) is 27.9. The zero-order valence-electron chi connectivity index (χ0n) is 23.3. The van der Waals surface area contributed by atoms with E-state index in [0.717, 1.165) is 39.3 Å². The Balaban J connectivity index is 1.49. The van der Waals surface area contributed by atoms with Crippen molar-refractivity contribution in [1.29, 1.82) is 0 Å². The number of fused-ring (bicyclic) bond motifs is 4. The van der Waals surface area contributed by atoms with Gasteiger partial charge in [-0.05, 0) is 81.7 Å². The second kappa shape index (κ2) is 10.4. The van der Waals surface area contributed by atoms with Crippen molar-refractivity contribution >= 4 is 28.9 Å². The molecule has 2 N–H and O–H groups in total. The van der Waals surface area contributed by atoms with Crippen molar-refractivity contribution in [2.75, 3.05) is 26.1 Å². The van der Waals surface area contributed by atoms with Crippen LogP contribution in [0.2, 0.25) is 0 Å². The molecule has 1 fully saturated rings. The van der Waals surface area contributed by atoms with Crippen LogP contribution in [0.4, 0.5) is 5.69 Å². The van der Waals surface area contributed by atoms with Crippen molar-refractivity contribution in [3.8, 4) is 17.2 Å². The van der Waals surface area contributed by atoms with Gasteiger partial charge in [0.15, 0.2) is 22.3 Å². The number of nitrogens with one attached hydrogen (secondary N) is 2. The lowest BCUT2D eigenvalue weighted by atomic mass is 9.78. The number of carbonyl (C=O) groups excluding carboxylic acids is 1. The van der Waals surface area contributed by atoms with Gasteiger partial charge in [-0.2, -0.15) is 0 Å². The fourth-order valence-corrected chi connectivity index (χ4v) is 6.13. The van der Waals surface area contributed by atoms with Crippen molar-refractivity contribution in [3.05, 3.63) is 82.4 Å². The molecule has 3 aromatic rings. The molecule has 0 unspecified atom stereocenters. The van der Waals surface area contributed by atoms with E-state index in [9.17, 15) is 4.79 Å². The number of carbonyl (C=O) groups is 1. The van der Waals surface area contributed by atoms with E-state index >= 15 is 0 Å². The van der Waals surface area contributed by atoms with Crippen molar-refractivity contribution in [2.24, 2.45) is 5.92 Å². The first kappa shape index (κ1) is 26.8. The average Bonchev–Trinajstić information content (AvgIpc) is 2.90. The number of methoxy groups -OCH3 is 2. The first-order chi connectivity index (χ1) is 18.6. The summed E-state index contributed by atoms with van der Waals surface area (Å²) in [6.45, 7) is 8.59. The molecule has 3 aromatic carbocycles. The molecule has 0 aliphatic carbocycles. The average molecular weight is 546 g/mol. The molecule has 0 radical (unpaired) electrons. The van der Waals surface area contributed by atoms with Crippen LogP contribution in [0.3, 0.4) is 0 Å². The fourth-order valence-electron chi connectivity index (χ4n) is 5.73. The maximum atomic E-state index is 14.1. The molecule has 2 heterocycles. The predicted molar refractivity (Wildman–Crippen MR) is 157 cm³/mol. The number of anilines is 1. The summed E-state index contributed by atoms with van der Waals surface area (Å²) in [5, 5.41) is 7.24. The highest BCUT2D eigenvalue weighted by Gasteiger charge is 2.58. The number of hydrogen-bond donors (Lipinski definition) is 2. The standard InChI is InChI=1S/C31H35N3O4S/c1-18-7-10-23(20(3)15-18)32-29(35)27-28-22-16-19(2)8-11-24(22)38-31(27,4)34(30(39)33-28)14-13-21-9-12-25(36-5)26(17-21)37-6/h7-12,15-17,27-28H,13-14H2,1-6H3,(H,32,35)(H,33,39)/t27-,28-,31+/m0/s1. The van der Waals surface area contributed by atoms with Gasteiger partial charge in [0.25, 0.3) is 0 Å². The minimum absolute atomic E-state index is 0.118. The van der Waals surface area contributed by atoms with Crippen LogP contribution >= 0.6 is 12.2 Å². The number of nitrogens with zero attached hydrogens (tertiary/aromatic N) is 1. The lowest BCUT2D eigenvalue weighted by Crippen LogP contribution is -2.71. The Labute approximate surface area is 235 Å². The summed E-state index contributed by atoms with van der Waals surface area (Å²) in [6.07, 6.45) is 0.665. The summed E-state index contributed by atoms with van der Waals surface area (Å²) >= 11 is 5.88. The smallest absolute Gasteiger partial charge is 0.236 e. The van der Waals surface area contributed by atoms with Crippen LogP contribution in [0.5, 0.6) is 17.2 Å². The van der Waals surface area contributed by atoms with Gasteiger partial charge in [0.05, 0.1) is 20.3 Å². The maximum Gasteiger partial charge on any atom is 0.236 e. The molecular formula is C31H35N3O4S. The van der Waals surface area contributed by atoms with Gasteiger partial charge in [-0.3, -0.25) is 4.79 Å². The van der Waals surface area contributed by atoms with Crippen LogP contribution in [0.15, 0.2) is 54.6 Å². The van der Waals surface area contributed by atoms with Gasteiger partial charge in [-0.25, -0.2) is 0 Å². The summed E-state index contributed by atoms with van der Waals surface area (Å²) in [4.78, 5) is 16.1. The quantitative estimate of drug-likeness (QED) is 0.382. The fraction of sp³-hybridized carbons (Fsp3) is 0.355. The van der Waals surface area contributed by atoms with E-state index in [1.54, 1.807) is 14.2 Å². The third-order valence-corrected chi connectivity index (χ3v) is 8.12. The summed E-state index contributed by atoms with van der Waals surface area (Å²) in [6, 6.07) is 17.7.